The third-order valence-corrected chi connectivity index (χ3v) is 1.76. The number of rotatable bonds is 2. The smallest absolute Gasteiger partial charge is 0.236 e. The number of nitrogens with zero attached hydrogens (tertiary/aromatic N) is 2. The molecule has 1 rings (SSSR count). The van der Waals surface area contributed by atoms with Crippen LogP contribution in [0.4, 0.5) is 13.2 Å². The van der Waals surface area contributed by atoms with E-state index in [4.69, 9.17) is 23.2 Å². The molecule has 0 saturated carbocycles. The van der Waals surface area contributed by atoms with E-state index in [1.807, 2.05) is 0 Å². The van der Waals surface area contributed by atoms with Crippen LogP contribution in [-0.2, 0) is 12.3 Å². The van der Waals surface area contributed by atoms with E-state index in [1.165, 1.54) is 6.07 Å². The monoisotopic (exact) mass is 244 g/mol. The summed E-state index contributed by atoms with van der Waals surface area (Å²) < 4.78 is 35.9. The molecular weight excluding hydrogens is 240 g/mol. The van der Waals surface area contributed by atoms with Crippen molar-refractivity contribution < 1.29 is 13.2 Å². The largest absolute Gasteiger partial charge is 0.396 e. The fourth-order valence-corrected chi connectivity index (χ4v) is 1.20. The zero-order valence-electron chi connectivity index (χ0n) is 6.78. The second-order valence-electron chi connectivity index (χ2n) is 2.52. The number of hydrogen-bond donors (Lipinski definition) is 0. The topological polar surface area (TPSA) is 25.8 Å². The normalized spacial score (nSPS) is 11.8. The molecule has 78 valence electrons. The van der Waals surface area contributed by atoms with Crippen molar-refractivity contribution in [3.8, 4) is 0 Å². The summed E-state index contributed by atoms with van der Waals surface area (Å²) in [4.78, 5) is 7.03. The second-order valence-corrected chi connectivity index (χ2v) is 3.18. The van der Waals surface area contributed by atoms with Crippen LogP contribution in [0.2, 0.25) is 5.15 Å². The van der Waals surface area contributed by atoms with Gasteiger partial charge in [-0.3, -0.25) is 0 Å². The first kappa shape index (κ1) is 11.5. The molecule has 0 bridgehead atoms. The molecule has 0 aliphatic carbocycles. The molecule has 14 heavy (non-hydrogen) atoms. The van der Waals surface area contributed by atoms with Gasteiger partial charge in [0.15, 0.2) is 0 Å². The molecule has 0 N–H and O–H groups in total. The summed E-state index contributed by atoms with van der Waals surface area (Å²) in [5, 5.41) is -0.0325. The Kier molecular flexibility index (Phi) is 3.55. The van der Waals surface area contributed by atoms with Gasteiger partial charge in [0.2, 0.25) is 0 Å². The van der Waals surface area contributed by atoms with Crippen LogP contribution in [-0.4, -0.2) is 16.1 Å². The van der Waals surface area contributed by atoms with Crippen LogP contribution in [0.15, 0.2) is 6.07 Å². The molecule has 0 radical (unpaired) electrons. The molecule has 1 aromatic heterocycles. The highest BCUT2D eigenvalue weighted by atomic mass is 35.5. The van der Waals surface area contributed by atoms with Crippen molar-refractivity contribution in [1.82, 2.24) is 9.97 Å². The third-order valence-electron chi connectivity index (χ3n) is 1.29. The molecule has 0 atom stereocenters. The summed E-state index contributed by atoms with van der Waals surface area (Å²) in [7, 11) is 0. The molecule has 0 aliphatic heterocycles. The zero-order valence-corrected chi connectivity index (χ0v) is 8.29. The van der Waals surface area contributed by atoms with Gasteiger partial charge in [0.25, 0.3) is 0 Å². The van der Waals surface area contributed by atoms with Gasteiger partial charge in [-0.1, -0.05) is 11.6 Å². The van der Waals surface area contributed by atoms with Crippen LogP contribution in [0.5, 0.6) is 0 Å². The molecule has 1 aromatic rings. The maximum atomic E-state index is 12.0. The Bertz CT molecular complexity index is 327. The minimum atomic E-state index is -4.34. The molecule has 1 heterocycles. The van der Waals surface area contributed by atoms with Crippen molar-refractivity contribution >= 4 is 23.2 Å². The van der Waals surface area contributed by atoms with Crippen molar-refractivity contribution in [1.29, 1.82) is 0 Å². The van der Waals surface area contributed by atoms with E-state index in [0.717, 1.165) is 0 Å². The molecular formula is C7H5Cl2F3N2. The van der Waals surface area contributed by atoms with Crippen LogP contribution < -0.4 is 0 Å². The van der Waals surface area contributed by atoms with Crippen LogP contribution in [0.3, 0.4) is 0 Å². The van der Waals surface area contributed by atoms with Gasteiger partial charge in [-0.25, -0.2) is 9.97 Å². The molecule has 0 saturated heterocycles. The van der Waals surface area contributed by atoms with Gasteiger partial charge in [0.05, 0.1) is 11.6 Å². The fourth-order valence-electron chi connectivity index (χ4n) is 0.843. The second kappa shape index (κ2) is 4.31. The maximum Gasteiger partial charge on any atom is 0.396 e. The summed E-state index contributed by atoms with van der Waals surface area (Å²) >= 11 is 10.9. The Labute approximate surface area is 88.1 Å². The quantitative estimate of drug-likeness (QED) is 0.591. The van der Waals surface area contributed by atoms with E-state index in [0.29, 0.717) is 0 Å². The lowest BCUT2D eigenvalue weighted by atomic mass is 10.3. The summed E-state index contributed by atoms with van der Waals surface area (Å²) in [6.07, 6.45) is -5.54. The predicted molar refractivity (Wildman–Crippen MR) is 46.4 cm³/mol. The Hall–Kier alpha value is -0.550. The van der Waals surface area contributed by atoms with Crippen LogP contribution >= 0.6 is 23.2 Å². The van der Waals surface area contributed by atoms with Crippen molar-refractivity contribution in [3.05, 3.63) is 22.7 Å². The van der Waals surface area contributed by atoms with Gasteiger partial charge in [0.1, 0.15) is 17.4 Å². The highest BCUT2D eigenvalue weighted by Crippen LogP contribution is 2.20. The molecule has 0 amide bonds. The first-order valence-corrected chi connectivity index (χ1v) is 4.47. The van der Waals surface area contributed by atoms with Gasteiger partial charge < -0.3 is 0 Å². The Balaban J connectivity index is 2.92. The highest BCUT2D eigenvalue weighted by Gasteiger charge is 2.29. The summed E-state index contributed by atoms with van der Waals surface area (Å²) in [5.41, 5.74) is 0.283. The van der Waals surface area contributed by atoms with Crippen molar-refractivity contribution in [3.63, 3.8) is 0 Å². The van der Waals surface area contributed by atoms with E-state index in [-0.39, 0.29) is 22.6 Å². The van der Waals surface area contributed by atoms with E-state index < -0.39 is 12.6 Å². The SMILES string of the molecule is FC(F)(F)Cc1nc(Cl)cc(CCl)n1. The lowest BCUT2D eigenvalue weighted by molar-refractivity contribution is -0.128. The van der Waals surface area contributed by atoms with Crippen molar-refractivity contribution in [2.75, 3.05) is 0 Å². The van der Waals surface area contributed by atoms with Crippen molar-refractivity contribution in [2.45, 2.75) is 18.5 Å². The molecule has 0 fully saturated rings. The predicted octanol–water partition coefficient (Wildman–Crippen LogP) is 2.97. The lowest BCUT2D eigenvalue weighted by Crippen LogP contribution is -2.14. The Morgan fingerprint density at radius 3 is 2.43 bits per heavy atom. The number of halogens is 5. The molecule has 7 heteroatoms. The average Bonchev–Trinajstić information content (AvgIpc) is 1.99. The summed E-state index contributed by atoms with van der Waals surface area (Å²) in [6.45, 7) is 0. The van der Waals surface area contributed by atoms with E-state index >= 15 is 0 Å². The van der Waals surface area contributed by atoms with E-state index in [2.05, 4.69) is 9.97 Å². The minimum Gasteiger partial charge on any atom is -0.236 e. The fraction of sp³-hybridized carbons (Fsp3) is 0.429. The van der Waals surface area contributed by atoms with Crippen LogP contribution in [0.1, 0.15) is 11.5 Å². The molecule has 0 aromatic carbocycles. The van der Waals surface area contributed by atoms with E-state index in [9.17, 15) is 13.2 Å². The van der Waals surface area contributed by atoms with Gasteiger partial charge in [0, 0.05) is 0 Å². The molecule has 0 aliphatic rings. The first-order chi connectivity index (χ1) is 6.40. The van der Waals surface area contributed by atoms with E-state index in [1.54, 1.807) is 0 Å². The zero-order chi connectivity index (χ0) is 10.8. The van der Waals surface area contributed by atoms with Gasteiger partial charge in [-0.2, -0.15) is 13.2 Å². The van der Waals surface area contributed by atoms with Crippen LogP contribution in [0, 0.1) is 0 Å². The standard InChI is InChI=1S/C7H5Cl2F3N2/c8-3-4-1-5(9)14-6(13-4)2-7(10,11)12/h1H,2-3H2. The summed E-state index contributed by atoms with van der Waals surface area (Å²) in [6, 6.07) is 1.33. The highest BCUT2D eigenvalue weighted by molar-refractivity contribution is 6.29. The molecule has 0 spiro atoms. The molecule has 2 nitrogen and oxygen atoms in total. The summed E-state index contributed by atoms with van der Waals surface area (Å²) in [5.74, 6) is -0.353. The Morgan fingerprint density at radius 1 is 1.29 bits per heavy atom. The average molecular weight is 245 g/mol. The van der Waals surface area contributed by atoms with Gasteiger partial charge in [-0.05, 0) is 6.07 Å². The number of hydrogen-bond acceptors (Lipinski definition) is 2. The maximum absolute atomic E-state index is 12.0. The van der Waals surface area contributed by atoms with Gasteiger partial charge >= 0.3 is 6.18 Å². The lowest BCUT2D eigenvalue weighted by Gasteiger charge is -2.06. The van der Waals surface area contributed by atoms with Crippen molar-refractivity contribution in [2.24, 2.45) is 0 Å². The number of aromatic nitrogens is 2. The van der Waals surface area contributed by atoms with Gasteiger partial charge in [-0.15, -0.1) is 11.6 Å². The Morgan fingerprint density at radius 2 is 1.93 bits per heavy atom. The molecule has 0 unspecified atom stereocenters. The first-order valence-electron chi connectivity index (χ1n) is 3.56. The minimum absolute atomic E-state index is 0.00704. The van der Waals surface area contributed by atoms with Crippen LogP contribution in [0.25, 0.3) is 0 Å². The third kappa shape index (κ3) is 3.67. The number of alkyl halides is 4.